The highest BCUT2D eigenvalue weighted by Gasteiger charge is 2.35. The smallest absolute Gasteiger partial charge is 0.131 e. The first-order valence-corrected chi connectivity index (χ1v) is 6.90. The van der Waals surface area contributed by atoms with Crippen molar-refractivity contribution in [1.82, 2.24) is 0 Å². The number of hydrogen-bond donors (Lipinski definition) is 3. The number of aromatic hydroxyl groups is 2. The highest BCUT2D eigenvalue weighted by atomic mass is 16.5. The minimum atomic E-state index is -0.708. The predicted octanol–water partition coefficient (Wildman–Crippen LogP) is 1.87. The number of benzene rings is 1. The van der Waals surface area contributed by atoms with Gasteiger partial charge in [-0.25, -0.2) is 0 Å². The van der Waals surface area contributed by atoms with Gasteiger partial charge in [-0.2, -0.15) is 0 Å². The second-order valence-electron chi connectivity index (χ2n) is 5.36. The first-order chi connectivity index (χ1) is 10.1. The molecule has 0 saturated heterocycles. The van der Waals surface area contributed by atoms with Crippen LogP contribution < -0.4 is 4.74 Å². The molecule has 1 aliphatic heterocycles. The molecule has 5 nitrogen and oxygen atoms in total. The number of ether oxygens (including phenoxy) is 2. The van der Waals surface area contributed by atoms with E-state index in [1.165, 1.54) is 12.1 Å². The maximum atomic E-state index is 10.3. The van der Waals surface area contributed by atoms with Gasteiger partial charge in [0.05, 0.1) is 13.2 Å². The van der Waals surface area contributed by atoms with Crippen LogP contribution in [-0.2, 0) is 11.2 Å². The second-order valence-corrected chi connectivity index (χ2v) is 5.36. The molecule has 21 heavy (non-hydrogen) atoms. The van der Waals surface area contributed by atoms with Crippen LogP contribution in [0.2, 0.25) is 0 Å². The number of phenolic OH excluding ortho intramolecular Hbond substituents is 2. The summed E-state index contributed by atoms with van der Waals surface area (Å²) in [7, 11) is 1.62. The summed E-state index contributed by atoms with van der Waals surface area (Å²) in [5.41, 5.74) is 0.532. The molecular formula is C16H18O5. The van der Waals surface area contributed by atoms with E-state index < -0.39 is 12.2 Å². The molecule has 3 atom stereocenters. The highest BCUT2D eigenvalue weighted by molar-refractivity contribution is 5.51. The number of methoxy groups -OCH3 is 1. The van der Waals surface area contributed by atoms with Crippen molar-refractivity contribution in [2.75, 3.05) is 7.11 Å². The summed E-state index contributed by atoms with van der Waals surface area (Å²) < 4.78 is 11.0. The zero-order valence-electron chi connectivity index (χ0n) is 11.7. The molecular weight excluding hydrogens is 272 g/mol. The van der Waals surface area contributed by atoms with Crippen LogP contribution >= 0.6 is 0 Å². The van der Waals surface area contributed by atoms with E-state index in [0.717, 1.165) is 5.76 Å². The quantitative estimate of drug-likeness (QED) is 0.775. The van der Waals surface area contributed by atoms with E-state index in [1.807, 2.05) is 18.2 Å². The Morgan fingerprint density at radius 1 is 1.29 bits per heavy atom. The molecule has 0 bridgehead atoms. The molecule has 3 rings (SSSR count). The van der Waals surface area contributed by atoms with Crippen molar-refractivity contribution in [2.24, 2.45) is 5.92 Å². The van der Waals surface area contributed by atoms with E-state index in [0.29, 0.717) is 24.2 Å². The molecule has 112 valence electrons. The Bertz CT molecular complexity index is 605. The predicted molar refractivity (Wildman–Crippen MR) is 76.2 cm³/mol. The largest absolute Gasteiger partial charge is 0.508 e. The van der Waals surface area contributed by atoms with E-state index in [-0.39, 0.29) is 17.4 Å². The van der Waals surface area contributed by atoms with E-state index in [4.69, 9.17) is 9.47 Å². The van der Waals surface area contributed by atoms with Gasteiger partial charge in [0.25, 0.3) is 0 Å². The van der Waals surface area contributed by atoms with Gasteiger partial charge < -0.3 is 24.8 Å². The molecule has 0 radical (unpaired) electrons. The fraction of sp³-hybridized carbons (Fsp3) is 0.375. The van der Waals surface area contributed by atoms with Crippen molar-refractivity contribution < 1.29 is 24.8 Å². The van der Waals surface area contributed by atoms with Crippen LogP contribution in [-0.4, -0.2) is 34.6 Å². The van der Waals surface area contributed by atoms with Crippen molar-refractivity contribution >= 4 is 0 Å². The number of aliphatic hydroxyl groups is 1. The molecule has 2 aliphatic rings. The van der Waals surface area contributed by atoms with E-state index in [9.17, 15) is 15.3 Å². The number of fused-ring (bicyclic) bond motifs is 1. The molecule has 1 unspecified atom stereocenters. The average Bonchev–Trinajstić information content (AvgIpc) is 2.48. The Balaban J connectivity index is 1.83. The Morgan fingerprint density at radius 2 is 2.10 bits per heavy atom. The summed E-state index contributed by atoms with van der Waals surface area (Å²) in [4.78, 5) is 0. The van der Waals surface area contributed by atoms with Crippen molar-refractivity contribution in [3.63, 3.8) is 0 Å². The van der Waals surface area contributed by atoms with Gasteiger partial charge in [-0.1, -0.05) is 6.08 Å². The first kappa shape index (κ1) is 13.8. The maximum absolute atomic E-state index is 10.3. The first-order valence-electron chi connectivity index (χ1n) is 6.90. The van der Waals surface area contributed by atoms with Gasteiger partial charge >= 0.3 is 0 Å². The lowest BCUT2D eigenvalue weighted by Crippen LogP contribution is -2.42. The highest BCUT2D eigenvalue weighted by Crippen LogP contribution is 2.40. The Kier molecular flexibility index (Phi) is 3.51. The van der Waals surface area contributed by atoms with Gasteiger partial charge in [0.2, 0.25) is 0 Å². The third-order valence-electron chi connectivity index (χ3n) is 3.98. The van der Waals surface area contributed by atoms with Gasteiger partial charge in [-0.3, -0.25) is 0 Å². The minimum absolute atomic E-state index is 0.0246. The van der Waals surface area contributed by atoms with Crippen LogP contribution in [0.1, 0.15) is 12.0 Å². The molecule has 1 aromatic rings. The standard InChI is InChI=1S/C16H18O5/c1-20-11-4-2-9(3-5-11)16-14(19)8-12-13(18)6-10(17)7-15(12)21-16/h2,4-7,9,14,16-19H,3,8H2,1H3/t9?,14-,16-/m1/s1. The zero-order chi connectivity index (χ0) is 15.0. The SMILES string of the molecule is COC1=CCC([C@H]2Oc3cc(O)cc(O)c3C[C@H]2O)C=C1. The van der Waals surface area contributed by atoms with E-state index >= 15 is 0 Å². The summed E-state index contributed by atoms with van der Waals surface area (Å²) in [6, 6.07) is 2.72. The van der Waals surface area contributed by atoms with Crippen LogP contribution in [0.5, 0.6) is 17.2 Å². The summed E-state index contributed by atoms with van der Waals surface area (Å²) in [6.07, 6.45) is 5.67. The normalized spacial score (nSPS) is 27.5. The van der Waals surface area contributed by atoms with Gasteiger partial charge in [0, 0.05) is 30.0 Å². The fourth-order valence-corrected chi connectivity index (χ4v) is 2.86. The topological polar surface area (TPSA) is 79.2 Å². The lowest BCUT2D eigenvalue weighted by Gasteiger charge is -2.35. The summed E-state index contributed by atoms with van der Waals surface area (Å²) >= 11 is 0. The van der Waals surface area contributed by atoms with E-state index in [1.54, 1.807) is 7.11 Å². The molecule has 1 heterocycles. The molecule has 3 N–H and O–H groups in total. The van der Waals surface area contributed by atoms with Crippen LogP contribution in [0.4, 0.5) is 0 Å². The maximum Gasteiger partial charge on any atom is 0.131 e. The molecule has 1 aliphatic carbocycles. The monoisotopic (exact) mass is 290 g/mol. The fourth-order valence-electron chi connectivity index (χ4n) is 2.86. The van der Waals surface area contributed by atoms with Gasteiger partial charge in [0.15, 0.2) is 0 Å². The van der Waals surface area contributed by atoms with Crippen LogP contribution in [0, 0.1) is 5.92 Å². The second kappa shape index (κ2) is 5.33. The van der Waals surface area contributed by atoms with Gasteiger partial charge in [-0.15, -0.1) is 0 Å². The van der Waals surface area contributed by atoms with Crippen molar-refractivity contribution in [3.05, 3.63) is 41.7 Å². The zero-order valence-corrected chi connectivity index (χ0v) is 11.7. The van der Waals surface area contributed by atoms with Crippen LogP contribution in [0.25, 0.3) is 0 Å². The molecule has 0 fully saturated rings. The van der Waals surface area contributed by atoms with Crippen molar-refractivity contribution in [2.45, 2.75) is 25.0 Å². The number of hydrogen-bond acceptors (Lipinski definition) is 5. The Hall–Kier alpha value is -2.14. The van der Waals surface area contributed by atoms with Crippen molar-refractivity contribution in [1.29, 1.82) is 0 Å². The van der Waals surface area contributed by atoms with Crippen molar-refractivity contribution in [3.8, 4) is 17.2 Å². The molecule has 0 saturated carbocycles. The van der Waals surface area contributed by atoms with Crippen LogP contribution in [0.3, 0.4) is 0 Å². The number of allylic oxidation sites excluding steroid dienone is 2. The lowest BCUT2D eigenvalue weighted by atomic mass is 9.86. The lowest BCUT2D eigenvalue weighted by molar-refractivity contribution is -0.00232. The molecule has 0 spiro atoms. The third kappa shape index (κ3) is 2.56. The molecule has 5 heteroatoms. The minimum Gasteiger partial charge on any atom is -0.508 e. The molecule has 0 amide bonds. The molecule has 1 aromatic carbocycles. The summed E-state index contributed by atoms with van der Waals surface area (Å²) in [5.74, 6) is 1.15. The summed E-state index contributed by atoms with van der Waals surface area (Å²) in [6.45, 7) is 0. The van der Waals surface area contributed by atoms with Gasteiger partial charge in [0.1, 0.15) is 29.1 Å². The number of rotatable bonds is 2. The Labute approximate surface area is 122 Å². The van der Waals surface area contributed by atoms with Crippen LogP contribution in [0.15, 0.2) is 36.1 Å². The number of aliphatic hydroxyl groups excluding tert-OH is 1. The molecule has 0 aromatic heterocycles. The average molecular weight is 290 g/mol. The summed E-state index contributed by atoms with van der Waals surface area (Å²) in [5, 5.41) is 29.7. The van der Waals surface area contributed by atoms with Gasteiger partial charge in [-0.05, 0) is 18.6 Å². The Morgan fingerprint density at radius 3 is 2.76 bits per heavy atom. The van der Waals surface area contributed by atoms with E-state index in [2.05, 4.69) is 0 Å². The number of phenols is 2. The third-order valence-corrected chi connectivity index (χ3v) is 3.98.